The fourth-order valence-corrected chi connectivity index (χ4v) is 2.96. The molecule has 0 spiro atoms. The van der Waals surface area contributed by atoms with Crippen molar-refractivity contribution in [1.82, 2.24) is 10.3 Å². The zero-order valence-corrected chi connectivity index (χ0v) is 13.4. The molecule has 0 unspecified atom stereocenters. The second-order valence-corrected chi connectivity index (χ2v) is 6.36. The highest BCUT2D eigenvalue weighted by Gasteiger charge is 2.10. The van der Waals surface area contributed by atoms with Gasteiger partial charge in [0.1, 0.15) is 0 Å². The van der Waals surface area contributed by atoms with Gasteiger partial charge in [-0.15, -0.1) is 11.3 Å². The Kier molecular flexibility index (Phi) is 6.02. The van der Waals surface area contributed by atoms with Crippen LogP contribution in [0.5, 0.6) is 0 Å². The van der Waals surface area contributed by atoms with E-state index >= 15 is 0 Å². The van der Waals surface area contributed by atoms with Gasteiger partial charge in [-0.05, 0) is 31.0 Å². The third-order valence-electron chi connectivity index (χ3n) is 2.92. The summed E-state index contributed by atoms with van der Waals surface area (Å²) in [6, 6.07) is 5.59. The summed E-state index contributed by atoms with van der Waals surface area (Å²) in [5.74, 6) is -0.0846. The minimum Gasteiger partial charge on any atom is -0.383 e. The van der Waals surface area contributed by atoms with Gasteiger partial charge in [0.25, 0.3) is 5.91 Å². The Bertz CT molecular complexity index is 600. The van der Waals surface area contributed by atoms with Gasteiger partial charge in [0.15, 0.2) is 0 Å². The average Bonchev–Trinajstić information content (AvgIpc) is 2.91. The molecule has 21 heavy (non-hydrogen) atoms. The lowest BCUT2D eigenvalue weighted by Gasteiger charge is -2.10. The summed E-state index contributed by atoms with van der Waals surface area (Å²) in [5.41, 5.74) is 1.40. The molecule has 2 heterocycles. The van der Waals surface area contributed by atoms with E-state index in [9.17, 15) is 4.79 Å². The number of thiophene rings is 1. The highest BCUT2D eigenvalue weighted by Crippen LogP contribution is 2.21. The predicted octanol–water partition coefficient (Wildman–Crippen LogP) is 3.59. The van der Waals surface area contributed by atoms with Crippen molar-refractivity contribution in [3.05, 3.63) is 45.4 Å². The number of pyridine rings is 1. The van der Waals surface area contributed by atoms with E-state index in [1.807, 2.05) is 12.1 Å². The Labute approximate surface area is 133 Å². The molecule has 0 aliphatic rings. The van der Waals surface area contributed by atoms with Gasteiger partial charge in [-0.3, -0.25) is 9.78 Å². The number of aromatic nitrogens is 1. The fourth-order valence-electron chi connectivity index (χ4n) is 1.87. The summed E-state index contributed by atoms with van der Waals surface area (Å²) in [5, 5.41) is 6.15. The third kappa shape index (κ3) is 4.72. The molecule has 2 aromatic heterocycles. The highest BCUT2D eigenvalue weighted by atomic mass is 35.5. The molecule has 0 saturated heterocycles. The third-order valence-corrected chi connectivity index (χ3v) is 4.21. The molecule has 112 valence electrons. The Morgan fingerprint density at radius 2 is 2.19 bits per heavy atom. The van der Waals surface area contributed by atoms with E-state index in [0.29, 0.717) is 12.1 Å². The molecule has 0 aromatic carbocycles. The molecule has 1 amide bonds. The number of rotatable bonds is 7. The normalized spacial score (nSPS) is 10.4. The molecule has 0 atom stereocenters. The summed E-state index contributed by atoms with van der Waals surface area (Å²) < 4.78 is 0.775. The van der Waals surface area contributed by atoms with E-state index in [1.54, 1.807) is 29.8 Å². The van der Waals surface area contributed by atoms with E-state index in [4.69, 9.17) is 11.6 Å². The molecule has 0 fully saturated rings. The second kappa shape index (κ2) is 8.00. The number of carbonyl (C=O) groups is 1. The molecule has 6 heteroatoms. The van der Waals surface area contributed by atoms with Gasteiger partial charge in [0, 0.05) is 24.2 Å². The van der Waals surface area contributed by atoms with Crippen LogP contribution in [0.15, 0.2) is 30.6 Å². The SMILES string of the molecule is CCCNc1cnccc1C(=O)NCCc1ccc(Cl)s1. The molecule has 2 N–H and O–H groups in total. The zero-order chi connectivity index (χ0) is 15.1. The monoisotopic (exact) mass is 323 g/mol. The van der Waals surface area contributed by atoms with Gasteiger partial charge in [0.05, 0.1) is 21.8 Å². The maximum atomic E-state index is 12.2. The summed E-state index contributed by atoms with van der Waals surface area (Å²) >= 11 is 7.42. The van der Waals surface area contributed by atoms with Crippen molar-refractivity contribution in [3.63, 3.8) is 0 Å². The van der Waals surface area contributed by atoms with E-state index in [0.717, 1.165) is 29.4 Å². The first-order valence-corrected chi connectivity index (χ1v) is 8.10. The van der Waals surface area contributed by atoms with Crippen molar-refractivity contribution in [3.8, 4) is 0 Å². The van der Waals surface area contributed by atoms with Crippen LogP contribution in [0.25, 0.3) is 0 Å². The summed E-state index contributed by atoms with van der Waals surface area (Å²) in [6.07, 6.45) is 5.09. The molecule has 0 radical (unpaired) electrons. The van der Waals surface area contributed by atoms with Crippen LogP contribution in [0.1, 0.15) is 28.6 Å². The quantitative estimate of drug-likeness (QED) is 0.818. The topological polar surface area (TPSA) is 54.0 Å². The van der Waals surface area contributed by atoms with Crippen LogP contribution in [0, 0.1) is 0 Å². The first kappa shape index (κ1) is 15.8. The lowest BCUT2D eigenvalue weighted by atomic mass is 10.2. The standard InChI is InChI=1S/C15H18ClN3OS/c1-2-7-18-13-10-17-8-6-12(13)15(20)19-9-5-11-3-4-14(16)21-11/h3-4,6,8,10,18H,2,5,7,9H2,1H3,(H,19,20). The zero-order valence-electron chi connectivity index (χ0n) is 11.9. The Balaban J connectivity index is 1.90. The molecule has 0 saturated carbocycles. The van der Waals surface area contributed by atoms with E-state index < -0.39 is 0 Å². The largest absolute Gasteiger partial charge is 0.383 e. The van der Waals surface area contributed by atoms with Gasteiger partial charge in [-0.25, -0.2) is 0 Å². The van der Waals surface area contributed by atoms with Crippen LogP contribution in [0.4, 0.5) is 5.69 Å². The van der Waals surface area contributed by atoms with Crippen molar-refractivity contribution < 1.29 is 4.79 Å². The van der Waals surface area contributed by atoms with Crippen molar-refractivity contribution in [2.75, 3.05) is 18.4 Å². The van der Waals surface area contributed by atoms with Crippen molar-refractivity contribution in [2.45, 2.75) is 19.8 Å². The molecular weight excluding hydrogens is 306 g/mol. The first-order valence-electron chi connectivity index (χ1n) is 6.91. The van der Waals surface area contributed by atoms with Crippen LogP contribution in [0.3, 0.4) is 0 Å². The molecular formula is C15H18ClN3OS. The molecule has 2 aromatic rings. The highest BCUT2D eigenvalue weighted by molar-refractivity contribution is 7.16. The van der Waals surface area contributed by atoms with Crippen molar-refractivity contribution in [2.24, 2.45) is 0 Å². The van der Waals surface area contributed by atoms with E-state index in [-0.39, 0.29) is 5.91 Å². The Morgan fingerprint density at radius 3 is 2.90 bits per heavy atom. The smallest absolute Gasteiger partial charge is 0.253 e. The number of hydrogen-bond acceptors (Lipinski definition) is 4. The molecule has 0 aliphatic heterocycles. The van der Waals surface area contributed by atoms with Crippen LogP contribution in [-0.4, -0.2) is 24.0 Å². The molecule has 0 bridgehead atoms. The number of carbonyl (C=O) groups excluding carboxylic acids is 1. The van der Waals surface area contributed by atoms with Crippen molar-refractivity contribution in [1.29, 1.82) is 0 Å². The number of halogens is 1. The molecule has 4 nitrogen and oxygen atoms in total. The maximum absolute atomic E-state index is 12.2. The molecule has 2 rings (SSSR count). The van der Waals surface area contributed by atoms with Crippen LogP contribution >= 0.6 is 22.9 Å². The lowest BCUT2D eigenvalue weighted by molar-refractivity contribution is 0.0955. The minimum absolute atomic E-state index is 0.0846. The van der Waals surface area contributed by atoms with Gasteiger partial charge in [-0.1, -0.05) is 18.5 Å². The van der Waals surface area contributed by atoms with Gasteiger partial charge < -0.3 is 10.6 Å². The minimum atomic E-state index is -0.0846. The average molecular weight is 324 g/mol. The van der Waals surface area contributed by atoms with Gasteiger partial charge in [0.2, 0.25) is 0 Å². The molecule has 0 aliphatic carbocycles. The number of hydrogen-bond donors (Lipinski definition) is 2. The van der Waals surface area contributed by atoms with Crippen molar-refractivity contribution >= 4 is 34.5 Å². The number of nitrogens with one attached hydrogen (secondary N) is 2. The van der Waals surface area contributed by atoms with E-state index in [2.05, 4.69) is 22.5 Å². The summed E-state index contributed by atoms with van der Waals surface area (Å²) in [7, 11) is 0. The van der Waals surface area contributed by atoms with Crippen LogP contribution < -0.4 is 10.6 Å². The summed E-state index contributed by atoms with van der Waals surface area (Å²) in [6.45, 7) is 3.49. The second-order valence-electron chi connectivity index (χ2n) is 4.56. The predicted molar refractivity (Wildman–Crippen MR) is 88.4 cm³/mol. The van der Waals surface area contributed by atoms with Gasteiger partial charge >= 0.3 is 0 Å². The number of amides is 1. The Hall–Kier alpha value is -1.59. The number of nitrogens with zero attached hydrogens (tertiary/aromatic N) is 1. The number of anilines is 1. The van der Waals surface area contributed by atoms with Crippen LogP contribution in [0.2, 0.25) is 4.34 Å². The Morgan fingerprint density at radius 1 is 1.33 bits per heavy atom. The fraction of sp³-hybridized carbons (Fsp3) is 0.333. The lowest BCUT2D eigenvalue weighted by Crippen LogP contribution is -2.26. The van der Waals surface area contributed by atoms with Gasteiger partial charge in [-0.2, -0.15) is 0 Å². The first-order chi connectivity index (χ1) is 10.2. The van der Waals surface area contributed by atoms with E-state index in [1.165, 1.54) is 4.88 Å². The van der Waals surface area contributed by atoms with Crippen LogP contribution in [-0.2, 0) is 6.42 Å². The summed E-state index contributed by atoms with van der Waals surface area (Å²) in [4.78, 5) is 17.4. The maximum Gasteiger partial charge on any atom is 0.253 e.